The topological polar surface area (TPSA) is 138 Å². The highest BCUT2D eigenvalue weighted by molar-refractivity contribution is 6.00. The number of carboxylic acid groups (broad SMARTS) is 1. The molecule has 1 atom stereocenters. The summed E-state index contributed by atoms with van der Waals surface area (Å²) < 4.78 is 43.7. The minimum atomic E-state index is -4.79. The van der Waals surface area contributed by atoms with Gasteiger partial charge in [-0.2, -0.15) is 18.3 Å². The molecule has 13 heteroatoms. The molecular formula is C31H37F3N6O4. The van der Waals surface area contributed by atoms with Crippen molar-refractivity contribution in [2.45, 2.75) is 83.5 Å². The Balaban J connectivity index is 1.45. The van der Waals surface area contributed by atoms with Gasteiger partial charge in [-0.3, -0.25) is 19.6 Å². The highest BCUT2D eigenvalue weighted by atomic mass is 19.4. The van der Waals surface area contributed by atoms with Gasteiger partial charge in [-0.1, -0.05) is 38.8 Å². The summed E-state index contributed by atoms with van der Waals surface area (Å²) in [4.78, 5) is 40.9. The van der Waals surface area contributed by atoms with Gasteiger partial charge in [0.15, 0.2) is 0 Å². The molecule has 236 valence electrons. The number of carbonyl (C=O) groups excluding carboxylic acids is 2. The van der Waals surface area contributed by atoms with E-state index in [0.717, 1.165) is 43.4 Å². The van der Waals surface area contributed by atoms with E-state index in [9.17, 15) is 27.6 Å². The van der Waals surface area contributed by atoms with Gasteiger partial charge in [0, 0.05) is 12.4 Å². The Bertz CT molecular complexity index is 1470. The van der Waals surface area contributed by atoms with Crippen LogP contribution in [-0.2, 0) is 28.7 Å². The van der Waals surface area contributed by atoms with Gasteiger partial charge in [0.25, 0.3) is 0 Å². The van der Waals surface area contributed by atoms with E-state index >= 15 is 0 Å². The van der Waals surface area contributed by atoms with Crippen LogP contribution in [0.4, 0.5) is 29.5 Å². The zero-order chi connectivity index (χ0) is 31.9. The Hall–Kier alpha value is -4.42. The molecule has 10 nitrogen and oxygen atoms in total. The zero-order valence-corrected chi connectivity index (χ0v) is 24.7. The zero-order valence-electron chi connectivity index (χ0n) is 24.7. The van der Waals surface area contributed by atoms with Gasteiger partial charge in [-0.25, -0.2) is 9.78 Å². The van der Waals surface area contributed by atoms with E-state index in [2.05, 4.69) is 26.0 Å². The van der Waals surface area contributed by atoms with E-state index < -0.39 is 41.4 Å². The van der Waals surface area contributed by atoms with E-state index in [1.165, 1.54) is 16.9 Å². The highest BCUT2D eigenvalue weighted by Crippen LogP contribution is 2.38. The molecule has 1 aliphatic carbocycles. The van der Waals surface area contributed by atoms with E-state index in [-0.39, 0.29) is 36.8 Å². The van der Waals surface area contributed by atoms with Crippen LogP contribution in [0.15, 0.2) is 48.8 Å². The Morgan fingerprint density at radius 1 is 1.09 bits per heavy atom. The van der Waals surface area contributed by atoms with Gasteiger partial charge in [0.1, 0.15) is 5.82 Å². The lowest BCUT2D eigenvalue weighted by Gasteiger charge is -2.20. The first-order chi connectivity index (χ1) is 20.9. The number of hydrogen-bond acceptors (Lipinski definition) is 5. The number of amides is 3. The molecule has 1 unspecified atom stereocenters. The van der Waals surface area contributed by atoms with Crippen LogP contribution in [0, 0.1) is 5.92 Å². The molecule has 1 saturated carbocycles. The molecule has 0 radical (unpaired) electrons. The van der Waals surface area contributed by atoms with E-state index in [0.29, 0.717) is 17.9 Å². The second-order valence-electron chi connectivity index (χ2n) is 11.5. The van der Waals surface area contributed by atoms with E-state index in [1.807, 2.05) is 19.9 Å². The van der Waals surface area contributed by atoms with Gasteiger partial charge < -0.3 is 15.7 Å². The van der Waals surface area contributed by atoms with Crippen molar-refractivity contribution in [2.75, 3.05) is 10.6 Å². The first-order valence-corrected chi connectivity index (χ1v) is 14.7. The second-order valence-corrected chi connectivity index (χ2v) is 11.5. The largest absolute Gasteiger partial charge is 0.481 e. The number of carbonyl (C=O) groups is 3. The molecule has 1 aromatic carbocycles. The third-order valence-electron chi connectivity index (χ3n) is 7.48. The van der Waals surface area contributed by atoms with Crippen molar-refractivity contribution < 1.29 is 32.7 Å². The molecule has 2 heterocycles. The molecule has 44 heavy (non-hydrogen) atoms. The number of nitrogens with one attached hydrogen (secondary N) is 3. The van der Waals surface area contributed by atoms with Crippen LogP contribution in [0.5, 0.6) is 0 Å². The first kappa shape index (κ1) is 32.5. The Kier molecular flexibility index (Phi) is 10.6. The number of benzene rings is 1. The number of pyridine rings is 1. The van der Waals surface area contributed by atoms with Crippen LogP contribution in [0.1, 0.15) is 86.7 Å². The van der Waals surface area contributed by atoms with Crippen LogP contribution < -0.4 is 16.0 Å². The number of anilines is 2. The van der Waals surface area contributed by atoms with E-state index in [4.69, 9.17) is 5.11 Å². The number of aliphatic carboxylic acids is 1. The lowest BCUT2D eigenvalue weighted by Crippen LogP contribution is -2.31. The molecule has 2 aromatic heterocycles. The summed E-state index contributed by atoms with van der Waals surface area (Å²) >= 11 is 0. The Morgan fingerprint density at radius 3 is 2.52 bits per heavy atom. The first-order valence-electron chi connectivity index (χ1n) is 14.7. The molecular weight excluding hydrogens is 577 g/mol. The third kappa shape index (κ3) is 9.04. The Morgan fingerprint density at radius 2 is 1.84 bits per heavy atom. The normalized spacial score (nSPS) is 14.4. The fourth-order valence-electron chi connectivity index (χ4n) is 5.45. The SMILES string of the molecule is CC(C)CC(NC(=O)Cc1ccc(NC(=O)Nc2ncccc2C2CCCC2)c(C(F)(F)F)c1)c1ccn(CCC(=O)O)n1. The Labute approximate surface area is 253 Å². The fraction of sp³-hybridized carbons (Fsp3) is 0.452. The molecule has 0 spiro atoms. The van der Waals surface area contributed by atoms with E-state index in [1.54, 1.807) is 18.3 Å². The molecule has 0 aliphatic heterocycles. The number of urea groups is 1. The monoisotopic (exact) mass is 614 g/mol. The average molecular weight is 615 g/mol. The number of carboxylic acids is 1. The standard InChI is InChI=1S/C31H37F3N6O4/c1-19(2)16-26(25-11-14-40(39-25)15-12-28(42)43)36-27(41)18-20-9-10-24(23(17-20)31(32,33)34)37-30(44)38-29-22(8-5-13-35-29)21-6-3-4-7-21/h5,8-11,13-14,17,19,21,26H,3-4,6-7,12,15-16,18H2,1-2H3,(H,36,41)(H,42,43)(H2,35,37,38,44). The summed E-state index contributed by atoms with van der Waals surface area (Å²) in [6, 6.07) is 7.33. The van der Waals surface area contributed by atoms with Gasteiger partial charge in [0.2, 0.25) is 5.91 Å². The smallest absolute Gasteiger partial charge is 0.418 e. The summed E-state index contributed by atoms with van der Waals surface area (Å²) in [6.07, 6.45) is 2.50. The maximum Gasteiger partial charge on any atom is 0.418 e. The number of hydrogen-bond donors (Lipinski definition) is 4. The lowest BCUT2D eigenvalue weighted by molar-refractivity contribution is -0.138. The fourth-order valence-corrected chi connectivity index (χ4v) is 5.45. The van der Waals surface area contributed by atoms with Gasteiger partial charge in [0.05, 0.1) is 42.4 Å². The molecule has 3 aromatic rings. The summed E-state index contributed by atoms with van der Waals surface area (Å²) in [7, 11) is 0. The minimum Gasteiger partial charge on any atom is -0.481 e. The number of rotatable bonds is 12. The average Bonchev–Trinajstić information content (AvgIpc) is 3.65. The molecule has 1 fully saturated rings. The van der Waals surface area contributed by atoms with Crippen molar-refractivity contribution in [3.63, 3.8) is 0 Å². The van der Waals surface area contributed by atoms with Crippen LogP contribution in [0.25, 0.3) is 0 Å². The van der Waals surface area contributed by atoms with Crippen molar-refractivity contribution in [1.29, 1.82) is 0 Å². The molecule has 0 saturated heterocycles. The lowest BCUT2D eigenvalue weighted by atomic mass is 9.98. The molecule has 4 rings (SSSR count). The summed E-state index contributed by atoms with van der Waals surface area (Å²) in [6.45, 7) is 4.09. The highest BCUT2D eigenvalue weighted by Gasteiger charge is 2.34. The maximum atomic E-state index is 14.1. The van der Waals surface area contributed by atoms with Crippen LogP contribution >= 0.6 is 0 Å². The number of aromatic nitrogens is 3. The van der Waals surface area contributed by atoms with Crippen LogP contribution in [0.3, 0.4) is 0 Å². The summed E-state index contributed by atoms with van der Waals surface area (Å²) in [5, 5.41) is 21.0. The van der Waals surface area contributed by atoms with Crippen LogP contribution in [0.2, 0.25) is 0 Å². The molecule has 4 N–H and O–H groups in total. The number of nitrogens with zero attached hydrogens (tertiary/aromatic N) is 3. The van der Waals surface area contributed by atoms with Crippen molar-refractivity contribution in [3.05, 3.63) is 71.2 Å². The van der Waals surface area contributed by atoms with Crippen molar-refractivity contribution in [1.82, 2.24) is 20.1 Å². The van der Waals surface area contributed by atoms with Gasteiger partial charge in [-0.05, 0) is 66.5 Å². The predicted molar refractivity (Wildman–Crippen MR) is 158 cm³/mol. The van der Waals surface area contributed by atoms with Gasteiger partial charge in [-0.15, -0.1) is 0 Å². The van der Waals surface area contributed by atoms with Crippen molar-refractivity contribution in [3.8, 4) is 0 Å². The molecule has 3 amide bonds. The quantitative estimate of drug-likeness (QED) is 0.183. The number of alkyl halides is 3. The minimum absolute atomic E-state index is 0.110. The molecule has 0 bridgehead atoms. The van der Waals surface area contributed by atoms with Crippen LogP contribution in [-0.4, -0.2) is 37.8 Å². The van der Waals surface area contributed by atoms with Gasteiger partial charge >= 0.3 is 18.2 Å². The van der Waals surface area contributed by atoms with Crippen molar-refractivity contribution in [2.24, 2.45) is 5.92 Å². The maximum absolute atomic E-state index is 14.1. The number of halogens is 3. The predicted octanol–water partition coefficient (Wildman–Crippen LogP) is 6.52. The van der Waals surface area contributed by atoms with Crippen molar-refractivity contribution >= 4 is 29.4 Å². The summed E-state index contributed by atoms with van der Waals surface area (Å²) in [5.74, 6) is -0.741. The third-order valence-corrected chi connectivity index (χ3v) is 7.48. The summed E-state index contributed by atoms with van der Waals surface area (Å²) in [5.41, 5.74) is -0.0133. The molecule has 1 aliphatic rings. The number of aryl methyl sites for hydroxylation is 1. The second kappa shape index (κ2) is 14.4.